The molecule has 3 aromatic carbocycles. The highest BCUT2D eigenvalue weighted by molar-refractivity contribution is 7.98. The van der Waals surface area contributed by atoms with E-state index in [-0.39, 0.29) is 0 Å². The van der Waals surface area contributed by atoms with E-state index >= 15 is 0 Å². The Morgan fingerprint density at radius 2 is 1.48 bits per heavy atom. The molecule has 142 valence electrons. The summed E-state index contributed by atoms with van der Waals surface area (Å²) in [5, 5.41) is 1.65. The second kappa shape index (κ2) is 9.05. The number of imidazole rings is 1. The largest absolute Gasteiger partial charge is 0.307 e. The number of halogens is 1. The minimum Gasteiger partial charge on any atom is -0.307 e. The quantitative estimate of drug-likeness (QED) is 0.255. The van der Waals surface area contributed by atoms with Crippen LogP contribution >= 0.6 is 23.4 Å². The minimum atomic E-state index is 0.465. The fourth-order valence-electron chi connectivity index (χ4n) is 3.19. The van der Waals surface area contributed by atoms with Crippen LogP contribution in [0.1, 0.15) is 5.56 Å². The van der Waals surface area contributed by atoms with Crippen LogP contribution in [-0.4, -0.2) is 9.55 Å². The molecule has 0 saturated carbocycles. The minimum absolute atomic E-state index is 0.465. The molecule has 0 N–H and O–H groups in total. The van der Waals surface area contributed by atoms with Crippen molar-refractivity contribution < 1.29 is 0 Å². The molecule has 0 spiro atoms. The van der Waals surface area contributed by atoms with Crippen LogP contribution in [0.4, 0.5) is 0 Å². The van der Waals surface area contributed by atoms with Crippen LogP contribution in [0.3, 0.4) is 0 Å². The fraction of sp³-hybridized carbons (Fsp3) is 0.0800. The first-order valence-corrected chi connectivity index (χ1v) is 10.6. The molecule has 0 unspecified atom stereocenters. The molecule has 0 fully saturated rings. The molecule has 4 heteroatoms. The average Bonchev–Trinajstić information content (AvgIpc) is 3.13. The average molecular weight is 415 g/mol. The first kappa shape index (κ1) is 19.4. The second-order valence-corrected chi connectivity index (χ2v) is 7.91. The number of aromatic nitrogens is 2. The van der Waals surface area contributed by atoms with Crippen molar-refractivity contribution in [1.29, 1.82) is 0 Å². The van der Waals surface area contributed by atoms with Crippen molar-refractivity contribution in [3.63, 3.8) is 0 Å². The van der Waals surface area contributed by atoms with E-state index in [4.69, 9.17) is 23.0 Å². The number of benzene rings is 3. The number of terminal acetylenes is 1. The molecule has 0 saturated heterocycles. The first-order chi connectivity index (χ1) is 14.3. The summed E-state index contributed by atoms with van der Waals surface area (Å²) < 4.78 is 2.14. The molecule has 0 aliphatic carbocycles. The number of nitrogens with zero attached hydrogens (tertiary/aromatic N) is 2. The highest BCUT2D eigenvalue weighted by Gasteiger charge is 2.19. The van der Waals surface area contributed by atoms with Crippen molar-refractivity contribution in [3.05, 3.63) is 95.5 Å². The van der Waals surface area contributed by atoms with E-state index in [1.807, 2.05) is 60.7 Å². The van der Waals surface area contributed by atoms with Gasteiger partial charge in [0.25, 0.3) is 0 Å². The topological polar surface area (TPSA) is 17.8 Å². The van der Waals surface area contributed by atoms with Gasteiger partial charge < -0.3 is 4.57 Å². The van der Waals surface area contributed by atoms with Crippen LogP contribution in [0.15, 0.2) is 90.1 Å². The van der Waals surface area contributed by atoms with Gasteiger partial charge in [-0.15, -0.1) is 6.42 Å². The predicted octanol–water partition coefficient (Wildman–Crippen LogP) is 6.80. The zero-order valence-electron chi connectivity index (χ0n) is 15.8. The standard InChI is InChI=1S/C25H19ClN2S/c1-2-17-28-24(21-11-7-4-8-12-21)23(20-9-5-3-6-10-20)27-25(28)29-18-19-13-15-22(26)16-14-19/h1,3-16H,17-18H2. The predicted molar refractivity (Wildman–Crippen MR) is 123 cm³/mol. The number of hydrogen-bond acceptors (Lipinski definition) is 2. The fourth-order valence-corrected chi connectivity index (χ4v) is 4.28. The molecule has 1 aromatic heterocycles. The van der Waals surface area contributed by atoms with Crippen LogP contribution in [0.25, 0.3) is 22.5 Å². The Labute approximate surface area is 180 Å². The zero-order valence-corrected chi connectivity index (χ0v) is 17.3. The molecule has 4 rings (SSSR count). The van der Waals surface area contributed by atoms with Crippen molar-refractivity contribution in [2.75, 3.05) is 0 Å². The van der Waals surface area contributed by atoms with Gasteiger partial charge in [-0.05, 0) is 17.7 Å². The van der Waals surface area contributed by atoms with Crippen LogP contribution in [0.5, 0.6) is 0 Å². The third-order valence-electron chi connectivity index (χ3n) is 4.56. The van der Waals surface area contributed by atoms with Crippen LogP contribution in [0.2, 0.25) is 5.02 Å². The summed E-state index contributed by atoms with van der Waals surface area (Å²) in [6.07, 6.45) is 5.73. The third-order valence-corrected chi connectivity index (χ3v) is 5.86. The highest BCUT2D eigenvalue weighted by atomic mass is 35.5. The summed E-state index contributed by atoms with van der Waals surface area (Å²) in [4.78, 5) is 5.01. The molecule has 0 aliphatic rings. The monoisotopic (exact) mass is 414 g/mol. The lowest BCUT2D eigenvalue weighted by Crippen LogP contribution is -2.01. The summed E-state index contributed by atoms with van der Waals surface area (Å²) in [5.41, 5.74) is 5.37. The number of rotatable bonds is 6. The van der Waals surface area contributed by atoms with Gasteiger partial charge in [-0.3, -0.25) is 0 Å². The Morgan fingerprint density at radius 3 is 2.10 bits per heavy atom. The van der Waals surface area contributed by atoms with Gasteiger partial charge >= 0.3 is 0 Å². The van der Waals surface area contributed by atoms with E-state index in [1.54, 1.807) is 11.8 Å². The van der Waals surface area contributed by atoms with E-state index in [1.165, 1.54) is 5.56 Å². The maximum atomic E-state index is 6.01. The summed E-state index contributed by atoms with van der Waals surface area (Å²) in [5.74, 6) is 3.59. The Balaban J connectivity index is 1.79. The smallest absolute Gasteiger partial charge is 0.170 e. The van der Waals surface area contributed by atoms with Gasteiger partial charge in [0.15, 0.2) is 5.16 Å². The molecule has 1 heterocycles. The molecule has 0 aliphatic heterocycles. The molecule has 4 aromatic rings. The van der Waals surface area contributed by atoms with Gasteiger partial charge in [-0.1, -0.05) is 102 Å². The Hall–Kier alpha value is -2.93. The third kappa shape index (κ3) is 4.40. The van der Waals surface area contributed by atoms with Crippen molar-refractivity contribution >= 4 is 23.4 Å². The highest BCUT2D eigenvalue weighted by Crippen LogP contribution is 2.36. The van der Waals surface area contributed by atoms with Crippen LogP contribution < -0.4 is 0 Å². The van der Waals surface area contributed by atoms with Gasteiger partial charge in [0.2, 0.25) is 0 Å². The lowest BCUT2D eigenvalue weighted by atomic mass is 10.0. The van der Waals surface area contributed by atoms with E-state index < -0.39 is 0 Å². The van der Waals surface area contributed by atoms with Crippen LogP contribution in [-0.2, 0) is 12.3 Å². The van der Waals surface area contributed by atoms with Crippen molar-refractivity contribution in [2.24, 2.45) is 0 Å². The van der Waals surface area contributed by atoms with Crippen molar-refractivity contribution in [3.8, 4) is 34.9 Å². The summed E-state index contributed by atoms with van der Waals surface area (Å²) >= 11 is 7.69. The maximum absolute atomic E-state index is 6.01. The molecule has 0 amide bonds. The normalized spacial score (nSPS) is 10.6. The molecule has 0 bridgehead atoms. The van der Waals surface area contributed by atoms with Gasteiger partial charge in [-0.25, -0.2) is 4.98 Å². The van der Waals surface area contributed by atoms with Gasteiger partial charge in [0.05, 0.1) is 17.9 Å². The SMILES string of the molecule is C#CCn1c(SCc2ccc(Cl)cc2)nc(-c2ccccc2)c1-c1ccccc1. The molecule has 0 radical (unpaired) electrons. The lowest BCUT2D eigenvalue weighted by molar-refractivity contribution is 0.745. The van der Waals surface area contributed by atoms with E-state index in [9.17, 15) is 0 Å². The Morgan fingerprint density at radius 1 is 0.862 bits per heavy atom. The van der Waals surface area contributed by atoms with Gasteiger partial charge in [-0.2, -0.15) is 0 Å². The van der Waals surface area contributed by atoms with Crippen molar-refractivity contribution in [1.82, 2.24) is 9.55 Å². The molecular formula is C25H19ClN2S. The van der Waals surface area contributed by atoms with E-state index in [0.29, 0.717) is 6.54 Å². The first-order valence-electron chi connectivity index (χ1n) is 9.28. The van der Waals surface area contributed by atoms with Crippen molar-refractivity contribution in [2.45, 2.75) is 17.5 Å². The Bertz CT molecular complexity index is 1130. The summed E-state index contributed by atoms with van der Waals surface area (Å²) in [6.45, 7) is 0.465. The van der Waals surface area contributed by atoms with E-state index in [0.717, 1.165) is 38.4 Å². The zero-order chi connectivity index (χ0) is 20.1. The molecule has 0 atom stereocenters. The summed E-state index contributed by atoms with van der Waals surface area (Å²) in [7, 11) is 0. The molecule has 29 heavy (non-hydrogen) atoms. The van der Waals surface area contributed by atoms with Crippen LogP contribution in [0, 0.1) is 12.3 Å². The number of hydrogen-bond donors (Lipinski definition) is 0. The summed E-state index contributed by atoms with van der Waals surface area (Å²) in [6, 6.07) is 28.5. The Kier molecular flexibility index (Phi) is 6.05. The molecule has 2 nitrogen and oxygen atoms in total. The van der Waals surface area contributed by atoms with E-state index in [2.05, 4.69) is 34.8 Å². The second-order valence-electron chi connectivity index (χ2n) is 6.53. The number of thioether (sulfide) groups is 1. The molecular weight excluding hydrogens is 396 g/mol. The maximum Gasteiger partial charge on any atom is 0.170 e. The van der Waals surface area contributed by atoms with Gasteiger partial charge in [0.1, 0.15) is 0 Å². The lowest BCUT2D eigenvalue weighted by Gasteiger charge is -2.10. The van der Waals surface area contributed by atoms with Gasteiger partial charge in [0, 0.05) is 21.9 Å².